The van der Waals surface area contributed by atoms with Crippen molar-refractivity contribution in [1.82, 2.24) is 4.90 Å². The molecule has 3 rings (SSSR count). The molecule has 0 spiro atoms. The van der Waals surface area contributed by atoms with Crippen LogP contribution in [-0.2, 0) is 12.2 Å². The lowest BCUT2D eigenvalue weighted by atomic mass is 9.83. The van der Waals surface area contributed by atoms with E-state index in [1.807, 2.05) is 0 Å². The first kappa shape index (κ1) is 15.2. The predicted molar refractivity (Wildman–Crippen MR) is 80.0 cm³/mol. The Hall–Kier alpha value is -1.73. The van der Waals surface area contributed by atoms with Crippen LogP contribution in [0.1, 0.15) is 21.5 Å². The van der Waals surface area contributed by atoms with Crippen molar-refractivity contribution in [2.45, 2.75) is 12.2 Å². The number of nitrogens with zero attached hydrogens (tertiary/aromatic N) is 1. The minimum absolute atomic E-state index is 0.0254. The molecule has 0 aromatic heterocycles. The average molecular weight is 364 g/mol. The first-order chi connectivity index (χ1) is 10.3. The number of aliphatic hydroxyl groups is 1. The van der Waals surface area contributed by atoms with Gasteiger partial charge < -0.3 is 10.0 Å². The second kappa shape index (κ2) is 5.17. The van der Waals surface area contributed by atoms with Crippen LogP contribution in [0.5, 0.6) is 0 Å². The lowest BCUT2D eigenvalue weighted by Gasteiger charge is -2.32. The summed E-state index contributed by atoms with van der Waals surface area (Å²) in [4.78, 5) is 13.2. The zero-order valence-corrected chi connectivity index (χ0v) is 12.8. The maximum atomic E-state index is 13.9. The number of halogens is 3. The number of benzene rings is 2. The standard InChI is InChI=1S/C15H9BBrF2NO2/c16-15(22)13-10(2-1-3-11(13)18)14(21)20(15)7-8-4-5-9(17)6-12(8)19/h1-6,22H,7H2. The van der Waals surface area contributed by atoms with Gasteiger partial charge in [-0.15, -0.1) is 0 Å². The van der Waals surface area contributed by atoms with Gasteiger partial charge in [0.25, 0.3) is 5.91 Å². The fourth-order valence-electron chi connectivity index (χ4n) is 2.52. The minimum atomic E-state index is -2.32. The van der Waals surface area contributed by atoms with Gasteiger partial charge in [0.15, 0.2) is 7.85 Å². The van der Waals surface area contributed by atoms with E-state index in [0.29, 0.717) is 4.47 Å². The van der Waals surface area contributed by atoms with E-state index < -0.39 is 23.2 Å². The molecular weight excluding hydrogens is 355 g/mol. The summed E-state index contributed by atoms with van der Waals surface area (Å²) >= 11 is 3.13. The maximum absolute atomic E-state index is 13.9. The summed E-state index contributed by atoms with van der Waals surface area (Å²) in [6, 6.07) is 8.12. The molecule has 1 amide bonds. The Labute approximate surface area is 135 Å². The van der Waals surface area contributed by atoms with Gasteiger partial charge in [0.2, 0.25) is 0 Å². The average Bonchev–Trinajstić information content (AvgIpc) is 2.63. The normalized spacial score (nSPS) is 20.4. The van der Waals surface area contributed by atoms with Crippen molar-refractivity contribution in [2.24, 2.45) is 0 Å². The summed E-state index contributed by atoms with van der Waals surface area (Å²) in [6.45, 7) is -0.279. The molecule has 1 aliphatic heterocycles. The van der Waals surface area contributed by atoms with Crippen molar-refractivity contribution in [2.75, 3.05) is 0 Å². The molecule has 0 bridgehead atoms. The molecule has 3 nitrogen and oxygen atoms in total. The molecule has 1 N–H and O–H groups in total. The topological polar surface area (TPSA) is 40.5 Å². The highest BCUT2D eigenvalue weighted by Gasteiger charge is 2.46. The molecule has 2 radical (unpaired) electrons. The number of hydrogen-bond donors (Lipinski definition) is 1. The molecule has 1 heterocycles. The zero-order chi connectivity index (χ0) is 16.1. The van der Waals surface area contributed by atoms with E-state index in [4.69, 9.17) is 7.85 Å². The van der Waals surface area contributed by atoms with Crippen molar-refractivity contribution < 1.29 is 18.7 Å². The first-order valence-electron chi connectivity index (χ1n) is 6.38. The Morgan fingerprint density at radius 2 is 1.95 bits per heavy atom. The quantitative estimate of drug-likeness (QED) is 0.833. The van der Waals surface area contributed by atoms with Gasteiger partial charge in [-0.2, -0.15) is 0 Å². The molecule has 7 heteroatoms. The smallest absolute Gasteiger partial charge is 0.256 e. The monoisotopic (exact) mass is 363 g/mol. The van der Waals surface area contributed by atoms with E-state index in [-0.39, 0.29) is 23.2 Å². The minimum Gasteiger partial charge on any atom is -0.376 e. The predicted octanol–water partition coefficient (Wildman–Crippen LogP) is 2.65. The van der Waals surface area contributed by atoms with Gasteiger partial charge in [-0.05, 0) is 24.3 Å². The Balaban J connectivity index is 2.03. The highest BCUT2D eigenvalue weighted by Crippen LogP contribution is 2.37. The van der Waals surface area contributed by atoms with Gasteiger partial charge in [-0.1, -0.05) is 28.1 Å². The molecule has 0 saturated carbocycles. The lowest BCUT2D eigenvalue weighted by Crippen LogP contribution is -2.44. The van der Waals surface area contributed by atoms with Crippen LogP contribution in [0.4, 0.5) is 8.78 Å². The fraction of sp³-hybridized carbons (Fsp3) is 0.133. The van der Waals surface area contributed by atoms with Crippen molar-refractivity contribution in [3.63, 3.8) is 0 Å². The molecule has 2 aromatic carbocycles. The molecule has 1 unspecified atom stereocenters. The van der Waals surface area contributed by atoms with Gasteiger partial charge in [-0.3, -0.25) is 4.79 Å². The van der Waals surface area contributed by atoms with Crippen LogP contribution in [0.25, 0.3) is 0 Å². The number of amides is 1. The molecular formula is C15H9BBrF2NO2. The number of hydrogen-bond acceptors (Lipinski definition) is 2. The summed E-state index contributed by atoms with van der Waals surface area (Å²) in [7, 11) is 5.74. The molecule has 1 aliphatic rings. The largest absolute Gasteiger partial charge is 0.376 e. The summed E-state index contributed by atoms with van der Waals surface area (Å²) in [5, 5.41) is 10.4. The van der Waals surface area contributed by atoms with Gasteiger partial charge in [0, 0.05) is 21.2 Å². The summed E-state index contributed by atoms with van der Waals surface area (Å²) < 4.78 is 28.4. The van der Waals surface area contributed by atoms with Gasteiger partial charge in [0.05, 0.1) is 6.54 Å². The molecule has 0 aliphatic carbocycles. The molecule has 2 aromatic rings. The Kier molecular flexibility index (Phi) is 3.57. The SMILES string of the molecule is [B]C1(O)c2c(F)cccc2C(=O)N1Cc1ccc(Br)cc1F. The Bertz CT molecular complexity index is 782. The van der Waals surface area contributed by atoms with Crippen LogP contribution in [0, 0.1) is 11.6 Å². The third-order valence-electron chi connectivity index (χ3n) is 3.61. The maximum Gasteiger partial charge on any atom is 0.256 e. The van der Waals surface area contributed by atoms with Gasteiger partial charge in [-0.25, -0.2) is 8.78 Å². The lowest BCUT2D eigenvalue weighted by molar-refractivity contribution is -0.0221. The molecule has 0 saturated heterocycles. The fourth-order valence-corrected chi connectivity index (χ4v) is 2.86. The third kappa shape index (κ3) is 2.25. The second-order valence-corrected chi connectivity index (χ2v) is 5.93. The highest BCUT2D eigenvalue weighted by molar-refractivity contribution is 9.10. The molecule has 110 valence electrons. The van der Waals surface area contributed by atoms with Crippen LogP contribution in [0.3, 0.4) is 0 Å². The van der Waals surface area contributed by atoms with Crippen molar-refractivity contribution in [3.05, 3.63) is 69.2 Å². The van der Waals surface area contributed by atoms with Crippen LogP contribution < -0.4 is 0 Å². The van der Waals surface area contributed by atoms with E-state index in [9.17, 15) is 18.7 Å². The second-order valence-electron chi connectivity index (χ2n) is 5.02. The molecule has 0 fully saturated rings. The number of fused-ring (bicyclic) bond motifs is 1. The highest BCUT2D eigenvalue weighted by atomic mass is 79.9. The van der Waals surface area contributed by atoms with Crippen molar-refractivity contribution in [1.29, 1.82) is 0 Å². The number of carbonyl (C=O) groups is 1. The van der Waals surface area contributed by atoms with Gasteiger partial charge >= 0.3 is 0 Å². The van der Waals surface area contributed by atoms with E-state index in [1.165, 1.54) is 24.3 Å². The zero-order valence-electron chi connectivity index (χ0n) is 11.2. The number of carbonyl (C=O) groups excluding carboxylic acids is 1. The van der Waals surface area contributed by atoms with E-state index in [0.717, 1.165) is 11.0 Å². The summed E-state index contributed by atoms with van der Waals surface area (Å²) in [6.07, 6.45) is 0. The number of rotatable bonds is 2. The van der Waals surface area contributed by atoms with Crippen LogP contribution in [-0.4, -0.2) is 23.8 Å². The Morgan fingerprint density at radius 3 is 2.59 bits per heavy atom. The van der Waals surface area contributed by atoms with Crippen LogP contribution in [0.15, 0.2) is 40.9 Å². The molecule has 22 heavy (non-hydrogen) atoms. The van der Waals surface area contributed by atoms with E-state index >= 15 is 0 Å². The first-order valence-corrected chi connectivity index (χ1v) is 7.18. The van der Waals surface area contributed by atoms with Crippen LogP contribution in [0.2, 0.25) is 0 Å². The Morgan fingerprint density at radius 1 is 1.23 bits per heavy atom. The van der Waals surface area contributed by atoms with Crippen molar-refractivity contribution >= 4 is 29.7 Å². The molecule has 1 atom stereocenters. The summed E-state index contributed by atoms with van der Waals surface area (Å²) in [5.74, 6) is -1.99. The van der Waals surface area contributed by atoms with Crippen LogP contribution >= 0.6 is 15.9 Å². The van der Waals surface area contributed by atoms with Crippen molar-refractivity contribution in [3.8, 4) is 0 Å². The van der Waals surface area contributed by atoms with Gasteiger partial charge in [0.1, 0.15) is 17.3 Å². The van der Waals surface area contributed by atoms with E-state index in [1.54, 1.807) is 6.07 Å². The summed E-state index contributed by atoms with van der Waals surface area (Å²) in [5.41, 5.74) is -2.48. The van der Waals surface area contributed by atoms with E-state index in [2.05, 4.69) is 15.9 Å². The third-order valence-corrected chi connectivity index (χ3v) is 4.11.